The lowest BCUT2D eigenvalue weighted by Gasteiger charge is -2.13. The summed E-state index contributed by atoms with van der Waals surface area (Å²) in [6, 6.07) is 3.21. The van der Waals surface area contributed by atoms with Gasteiger partial charge < -0.3 is 15.3 Å². The number of carboxylic acid groups (broad SMARTS) is 1. The summed E-state index contributed by atoms with van der Waals surface area (Å²) in [4.78, 5) is 27.8. The molecule has 1 fully saturated rings. The summed E-state index contributed by atoms with van der Waals surface area (Å²) in [6.07, 6.45) is 1.23. The lowest BCUT2D eigenvalue weighted by Crippen LogP contribution is -2.38. The average molecular weight is 314 g/mol. The van der Waals surface area contributed by atoms with Gasteiger partial charge in [0.1, 0.15) is 5.69 Å². The zero-order chi connectivity index (χ0) is 13.1. The van der Waals surface area contributed by atoms with Crippen LogP contribution in [-0.2, 0) is 0 Å². The van der Waals surface area contributed by atoms with Crippen molar-refractivity contribution in [2.45, 2.75) is 12.5 Å². The van der Waals surface area contributed by atoms with Crippen LogP contribution in [0.1, 0.15) is 16.9 Å². The van der Waals surface area contributed by atoms with Gasteiger partial charge in [-0.1, -0.05) is 0 Å². The van der Waals surface area contributed by atoms with Gasteiger partial charge >= 0.3 is 6.09 Å². The highest BCUT2D eigenvalue weighted by Crippen LogP contribution is 2.11. The maximum absolute atomic E-state index is 11.8. The van der Waals surface area contributed by atoms with Gasteiger partial charge in [0.05, 0.1) is 0 Å². The van der Waals surface area contributed by atoms with Crippen LogP contribution >= 0.6 is 15.9 Å². The minimum absolute atomic E-state index is 0.140. The molecule has 2 heterocycles. The lowest BCUT2D eigenvalue weighted by molar-refractivity contribution is 0.0930. The maximum atomic E-state index is 11.8. The molecule has 96 valence electrons. The molecule has 2 rings (SSSR count). The van der Waals surface area contributed by atoms with Crippen LogP contribution in [0, 0.1) is 0 Å². The number of pyridine rings is 1. The molecular formula is C11H12BrN3O3. The van der Waals surface area contributed by atoms with Crippen molar-refractivity contribution in [1.82, 2.24) is 15.2 Å². The number of rotatable bonds is 2. The molecule has 2 N–H and O–H groups in total. The Morgan fingerprint density at radius 1 is 1.50 bits per heavy atom. The fraction of sp³-hybridized carbons (Fsp3) is 0.364. The van der Waals surface area contributed by atoms with Gasteiger partial charge in [-0.25, -0.2) is 9.78 Å². The van der Waals surface area contributed by atoms with Gasteiger partial charge in [0.2, 0.25) is 0 Å². The van der Waals surface area contributed by atoms with Crippen molar-refractivity contribution in [2.24, 2.45) is 0 Å². The zero-order valence-electron chi connectivity index (χ0n) is 9.47. The first-order valence-electron chi connectivity index (χ1n) is 5.46. The molecule has 0 radical (unpaired) electrons. The van der Waals surface area contributed by atoms with Gasteiger partial charge in [0.15, 0.2) is 0 Å². The molecule has 6 nitrogen and oxygen atoms in total. The molecule has 1 aliphatic heterocycles. The summed E-state index contributed by atoms with van der Waals surface area (Å²) >= 11 is 3.24. The van der Waals surface area contributed by atoms with E-state index in [0.29, 0.717) is 25.2 Å². The summed E-state index contributed by atoms with van der Waals surface area (Å²) in [5, 5.41) is 11.6. The van der Waals surface area contributed by atoms with E-state index < -0.39 is 6.09 Å². The quantitative estimate of drug-likeness (QED) is 0.863. The van der Waals surface area contributed by atoms with Gasteiger partial charge in [-0.15, -0.1) is 0 Å². The second kappa shape index (κ2) is 5.34. The van der Waals surface area contributed by atoms with E-state index in [2.05, 4.69) is 26.2 Å². The highest BCUT2D eigenvalue weighted by Gasteiger charge is 2.27. The number of amides is 2. The summed E-state index contributed by atoms with van der Waals surface area (Å²) in [6.45, 7) is 0.783. The smallest absolute Gasteiger partial charge is 0.407 e. The van der Waals surface area contributed by atoms with Gasteiger partial charge in [-0.05, 0) is 34.5 Å². The minimum Gasteiger partial charge on any atom is -0.465 e. The van der Waals surface area contributed by atoms with E-state index in [1.165, 1.54) is 4.90 Å². The number of carbonyl (C=O) groups is 2. The molecule has 0 aromatic carbocycles. The standard InChI is InChI=1S/C11H12BrN3O3/c12-7-1-2-9(13-5-7)10(16)14-8-3-4-15(6-8)11(17)18/h1-2,5,8H,3-4,6H2,(H,14,16)(H,17,18)/t8-/m1/s1. The molecule has 1 aliphatic rings. The van der Waals surface area contributed by atoms with Crippen LogP contribution in [0.5, 0.6) is 0 Å². The number of aromatic nitrogens is 1. The van der Waals surface area contributed by atoms with E-state index in [4.69, 9.17) is 5.11 Å². The van der Waals surface area contributed by atoms with Crippen LogP contribution in [0.25, 0.3) is 0 Å². The number of carbonyl (C=O) groups excluding carboxylic acids is 1. The van der Waals surface area contributed by atoms with Crippen molar-refractivity contribution >= 4 is 27.9 Å². The topological polar surface area (TPSA) is 82.5 Å². The number of hydrogen-bond acceptors (Lipinski definition) is 3. The molecule has 0 saturated carbocycles. The Kier molecular flexibility index (Phi) is 3.81. The molecule has 1 aromatic heterocycles. The Labute approximate surface area is 112 Å². The number of nitrogens with zero attached hydrogens (tertiary/aromatic N) is 2. The Balaban J connectivity index is 1.92. The van der Waals surface area contributed by atoms with Crippen molar-refractivity contribution in [3.63, 3.8) is 0 Å². The van der Waals surface area contributed by atoms with Crippen LogP contribution in [-0.4, -0.2) is 46.1 Å². The molecule has 0 spiro atoms. The molecule has 0 bridgehead atoms. The first-order valence-corrected chi connectivity index (χ1v) is 6.26. The Bertz CT molecular complexity index is 463. The normalized spacial score (nSPS) is 18.7. The monoisotopic (exact) mass is 313 g/mol. The van der Waals surface area contributed by atoms with Crippen molar-refractivity contribution in [1.29, 1.82) is 0 Å². The van der Waals surface area contributed by atoms with Crippen LogP contribution in [0.4, 0.5) is 4.79 Å². The molecule has 7 heteroatoms. The van der Waals surface area contributed by atoms with E-state index in [0.717, 1.165) is 4.47 Å². The average Bonchev–Trinajstić information content (AvgIpc) is 2.78. The highest BCUT2D eigenvalue weighted by molar-refractivity contribution is 9.10. The SMILES string of the molecule is O=C(N[C@@H]1CCN(C(=O)O)C1)c1ccc(Br)cn1. The van der Waals surface area contributed by atoms with E-state index in [9.17, 15) is 9.59 Å². The summed E-state index contributed by atoms with van der Waals surface area (Å²) < 4.78 is 0.803. The van der Waals surface area contributed by atoms with Crippen LogP contribution in [0.15, 0.2) is 22.8 Å². The van der Waals surface area contributed by atoms with Crippen molar-refractivity contribution in [2.75, 3.05) is 13.1 Å². The van der Waals surface area contributed by atoms with Crippen molar-refractivity contribution < 1.29 is 14.7 Å². The second-order valence-electron chi connectivity index (χ2n) is 4.05. The molecule has 1 aromatic rings. The molecule has 0 aliphatic carbocycles. The van der Waals surface area contributed by atoms with Crippen LogP contribution < -0.4 is 5.32 Å². The Morgan fingerprint density at radius 3 is 2.83 bits per heavy atom. The number of likely N-dealkylation sites (tertiary alicyclic amines) is 1. The lowest BCUT2D eigenvalue weighted by atomic mass is 10.2. The molecule has 0 unspecified atom stereocenters. The third kappa shape index (κ3) is 2.98. The van der Waals surface area contributed by atoms with Gasteiger partial charge in [0, 0.05) is 29.8 Å². The van der Waals surface area contributed by atoms with Crippen molar-refractivity contribution in [3.8, 4) is 0 Å². The number of hydrogen-bond donors (Lipinski definition) is 2. The van der Waals surface area contributed by atoms with Gasteiger partial charge in [0.25, 0.3) is 5.91 Å². The highest BCUT2D eigenvalue weighted by atomic mass is 79.9. The molecular weight excluding hydrogens is 302 g/mol. The van der Waals surface area contributed by atoms with E-state index in [1.54, 1.807) is 18.3 Å². The third-order valence-electron chi connectivity index (χ3n) is 2.75. The zero-order valence-corrected chi connectivity index (χ0v) is 11.1. The molecule has 2 amide bonds. The largest absolute Gasteiger partial charge is 0.465 e. The first kappa shape index (κ1) is 12.8. The van der Waals surface area contributed by atoms with E-state index in [1.807, 2.05) is 0 Å². The molecule has 18 heavy (non-hydrogen) atoms. The number of nitrogens with one attached hydrogen (secondary N) is 1. The predicted octanol–water partition coefficient (Wildman–Crippen LogP) is 1.33. The summed E-state index contributed by atoms with van der Waals surface area (Å²) in [5.41, 5.74) is 0.326. The fourth-order valence-electron chi connectivity index (χ4n) is 1.82. The number of halogens is 1. The minimum atomic E-state index is -0.950. The van der Waals surface area contributed by atoms with Crippen molar-refractivity contribution in [3.05, 3.63) is 28.5 Å². The van der Waals surface area contributed by atoms with E-state index >= 15 is 0 Å². The Hall–Kier alpha value is -1.63. The summed E-state index contributed by atoms with van der Waals surface area (Å²) in [5.74, 6) is -0.278. The van der Waals surface area contributed by atoms with Gasteiger partial charge in [-0.3, -0.25) is 4.79 Å². The first-order chi connectivity index (χ1) is 8.56. The Morgan fingerprint density at radius 2 is 2.28 bits per heavy atom. The summed E-state index contributed by atoms with van der Waals surface area (Å²) in [7, 11) is 0. The van der Waals surface area contributed by atoms with Gasteiger partial charge in [-0.2, -0.15) is 0 Å². The third-order valence-corrected chi connectivity index (χ3v) is 3.22. The molecule has 1 atom stereocenters. The van der Waals surface area contributed by atoms with Crippen LogP contribution in [0.2, 0.25) is 0 Å². The molecule has 1 saturated heterocycles. The second-order valence-corrected chi connectivity index (χ2v) is 4.96. The fourth-order valence-corrected chi connectivity index (χ4v) is 2.06. The predicted molar refractivity (Wildman–Crippen MR) is 67.4 cm³/mol. The van der Waals surface area contributed by atoms with Crippen LogP contribution in [0.3, 0.4) is 0 Å². The maximum Gasteiger partial charge on any atom is 0.407 e. The van der Waals surface area contributed by atoms with E-state index in [-0.39, 0.29) is 11.9 Å².